The molecule has 8 heteroatoms. The second-order valence-corrected chi connectivity index (χ2v) is 6.54. The monoisotopic (exact) mass is 363 g/mol. The molecule has 23 heavy (non-hydrogen) atoms. The maximum atomic E-state index is 12.4. The van der Waals surface area contributed by atoms with Crippen molar-refractivity contribution in [2.45, 2.75) is 0 Å². The van der Waals surface area contributed by atoms with Crippen LogP contribution in [0.15, 0.2) is 45.8 Å². The van der Waals surface area contributed by atoms with Crippen LogP contribution in [0.25, 0.3) is 22.6 Å². The maximum absolute atomic E-state index is 12.4. The molecule has 0 aliphatic carbocycles. The van der Waals surface area contributed by atoms with Crippen molar-refractivity contribution in [3.63, 3.8) is 0 Å². The highest BCUT2D eigenvalue weighted by Gasteiger charge is 2.13. The van der Waals surface area contributed by atoms with Gasteiger partial charge in [-0.15, -0.1) is 5.10 Å². The summed E-state index contributed by atoms with van der Waals surface area (Å²) in [5.74, 6) is 0.904. The topological polar surface area (TPSA) is 60.4 Å². The van der Waals surface area contributed by atoms with Crippen molar-refractivity contribution in [3.05, 3.63) is 67.1 Å². The first kappa shape index (κ1) is 14.4. The molecule has 1 aromatic carbocycles. The van der Waals surface area contributed by atoms with E-state index in [4.69, 9.17) is 27.6 Å². The third-order valence-corrected chi connectivity index (χ3v) is 4.69. The lowest BCUT2D eigenvalue weighted by Gasteiger charge is -1.97. The van der Waals surface area contributed by atoms with Gasteiger partial charge in [0, 0.05) is 10.0 Å². The largest absolute Gasteiger partial charge is 0.461 e. The average molecular weight is 364 g/mol. The van der Waals surface area contributed by atoms with Gasteiger partial charge in [-0.3, -0.25) is 4.79 Å². The first-order valence-electron chi connectivity index (χ1n) is 6.52. The van der Waals surface area contributed by atoms with E-state index in [1.54, 1.807) is 36.4 Å². The van der Waals surface area contributed by atoms with E-state index in [0.29, 0.717) is 36.7 Å². The number of hydrogen-bond acceptors (Lipinski definition) is 5. The van der Waals surface area contributed by atoms with Crippen LogP contribution in [-0.4, -0.2) is 14.6 Å². The molecular formula is C15H7Cl2N3O2S. The van der Waals surface area contributed by atoms with Gasteiger partial charge in [-0.05, 0) is 35.9 Å². The summed E-state index contributed by atoms with van der Waals surface area (Å²) in [6.45, 7) is 0. The fraction of sp³-hybridized carbons (Fsp3) is 0. The third-order valence-electron chi connectivity index (χ3n) is 3.17. The molecule has 114 valence electrons. The van der Waals surface area contributed by atoms with Crippen LogP contribution in [0, 0.1) is 0 Å². The van der Waals surface area contributed by atoms with Gasteiger partial charge >= 0.3 is 0 Å². The molecule has 0 bridgehead atoms. The molecule has 0 saturated carbocycles. The highest BCUT2D eigenvalue weighted by Crippen LogP contribution is 2.21. The van der Waals surface area contributed by atoms with Crippen LogP contribution < -0.4 is 10.1 Å². The molecule has 0 saturated heterocycles. The van der Waals surface area contributed by atoms with Gasteiger partial charge in [0.15, 0.2) is 5.76 Å². The van der Waals surface area contributed by atoms with Crippen molar-refractivity contribution >= 4 is 45.6 Å². The molecule has 4 rings (SSSR count). The Hall–Kier alpha value is -2.15. The van der Waals surface area contributed by atoms with Gasteiger partial charge in [-0.2, -0.15) is 9.50 Å². The molecule has 3 heterocycles. The first-order valence-corrected chi connectivity index (χ1v) is 8.09. The molecule has 5 nitrogen and oxygen atoms in total. The predicted octanol–water partition coefficient (Wildman–Crippen LogP) is 3.27. The van der Waals surface area contributed by atoms with Crippen molar-refractivity contribution in [1.82, 2.24) is 14.6 Å². The standard InChI is InChI=1S/C15H7Cl2N3O2S/c16-9-4-3-8(10(17)7-9)6-12-14(21)20-15(23-12)18-13(19-20)11-2-1-5-22-11/h1-7H/b12-6-. The fourth-order valence-corrected chi connectivity index (χ4v) is 3.47. The second-order valence-electron chi connectivity index (χ2n) is 4.69. The molecule has 4 aromatic rings. The summed E-state index contributed by atoms with van der Waals surface area (Å²) in [6, 6.07) is 8.59. The van der Waals surface area contributed by atoms with E-state index in [0.717, 1.165) is 0 Å². The Morgan fingerprint density at radius 1 is 1.26 bits per heavy atom. The Kier molecular flexibility index (Phi) is 3.45. The van der Waals surface area contributed by atoms with Gasteiger partial charge in [-0.1, -0.05) is 40.6 Å². The van der Waals surface area contributed by atoms with Gasteiger partial charge in [0.25, 0.3) is 5.56 Å². The number of fused-ring (bicyclic) bond motifs is 1. The van der Waals surface area contributed by atoms with Crippen LogP contribution in [-0.2, 0) is 0 Å². The van der Waals surface area contributed by atoms with E-state index < -0.39 is 0 Å². The van der Waals surface area contributed by atoms with E-state index in [2.05, 4.69) is 10.1 Å². The van der Waals surface area contributed by atoms with E-state index in [1.165, 1.54) is 22.1 Å². The van der Waals surface area contributed by atoms with E-state index in [-0.39, 0.29) is 5.56 Å². The Morgan fingerprint density at radius 2 is 2.13 bits per heavy atom. The Labute approximate surface area is 143 Å². The summed E-state index contributed by atoms with van der Waals surface area (Å²) >= 11 is 13.2. The summed E-state index contributed by atoms with van der Waals surface area (Å²) in [5, 5.41) is 5.21. The number of benzene rings is 1. The van der Waals surface area contributed by atoms with Gasteiger partial charge in [-0.25, -0.2) is 0 Å². The van der Waals surface area contributed by atoms with Crippen LogP contribution in [0.5, 0.6) is 0 Å². The van der Waals surface area contributed by atoms with Crippen molar-refractivity contribution in [3.8, 4) is 11.6 Å². The SMILES string of the molecule is O=c1/c(=C/c2ccc(Cl)cc2Cl)sc2nc(-c3ccco3)nn12. The molecule has 0 aliphatic heterocycles. The number of halogens is 2. The van der Waals surface area contributed by atoms with Gasteiger partial charge in [0.05, 0.1) is 10.8 Å². The minimum absolute atomic E-state index is 0.249. The van der Waals surface area contributed by atoms with Gasteiger partial charge in [0.2, 0.25) is 10.8 Å². The zero-order valence-electron chi connectivity index (χ0n) is 11.4. The van der Waals surface area contributed by atoms with Crippen molar-refractivity contribution in [2.24, 2.45) is 0 Å². The van der Waals surface area contributed by atoms with Crippen LogP contribution in [0.4, 0.5) is 0 Å². The van der Waals surface area contributed by atoms with Crippen molar-refractivity contribution < 1.29 is 4.42 Å². The van der Waals surface area contributed by atoms with Crippen LogP contribution >= 0.6 is 34.5 Å². The number of furan rings is 1. The zero-order chi connectivity index (χ0) is 16.0. The first-order chi connectivity index (χ1) is 11.1. The molecule has 0 N–H and O–H groups in total. The molecule has 3 aromatic heterocycles. The number of nitrogens with zero attached hydrogens (tertiary/aromatic N) is 3. The molecule has 0 atom stereocenters. The zero-order valence-corrected chi connectivity index (χ0v) is 13.7. The Balaban J connectivity index is 1.86. The molecule has 0 radical (unpaired) electrons. The molecular weight excluding hydrogens is 357 g/mol. The summed E-state index contributed by atoms with van der Waals surface area (Å²) in [4.78, 5) is 17.2. The van der Waals surface area contributed by atoms with E-state index in [9.17, 15) is 4.79 Å². The summed E-state index contributed by atoms with van der Waals surface area (Å²) in [5.41, 5.74) is 0.463. The van der Waals surface area contributed by atoms with E-state index >= 15 is 0 Å². The highest BCUT2D eigenvalue weighted by molar-refractivity contribution is 7.15. The molecule has 0 amide bonds. The van der Waals surface area contributed by atoms with Gasteiger partial charge < -0.3 is 4.42 Å². The lowest BCUT2D eigenvalue weighted by Crippen LogP contribution is -2.23. The lowest BCUT2D eigenvalue weighted by atomic mass is 10.2. The van der Waals surface area contributed by atoms with E-state index in [1.807, 2.05) is 0 Å². The molecule has 0 spiro atoms. The number of rotatable bonds is 2. The Morgan fingerprint density at radius 3 is 2.83 bits per heavy atom. The quantitative estimate of drug-likeness (QED) is 0.548. The van der Waals surface area contributed by atoms with Crippen LogP contribution in [0.3, 0.4) is 0 Å². The fourth-order valence-electron chi connectivity index (χ4n) is 2.10. The van der Waals surface area contributed by atoms with Gasteiger partial charge in [0.1, 0.15) is 0 Å². The summed E-state index contributed by atoms with van der Waals surface area (Å²) in [7, 11) is 0. The minimum Gasteiger partial charge on any atom is -0.461 e. The number of aromatic nitrogens is 3. The minimum atomic E-state index is -0.249. The Bertz CT molecular complexity index is 1120. The third kappa shape index (κ3) is 2.55. The van der Waals surface area contributed by atoms with Crippen LogP contribution in [0.1, 0.15) is 5.56 Å². The number of hydrogen-bond donors (Lipinski definition) is 0. The van der Waals surface area contributed by atoms with Crippen molar-refractivity contribution in [2.75, 3.05) is 0 Å². The molecule has 0 aliphatic rings. The predicted molar refractivity (Wildman–Crippen MR) is 90.1 cm³/mol. The molecule has 0 fully saturated rings. The highest BCUT2D eigenvalue weighted by atomic mass is 35.5. The van der Waals surface area contributed by atoms with Crippen LogP contribution in [0.2, 0.25) is 10.0 Å². The normalized spacial score (nSPS) is 12.3. The summed E-state index contributed by atoms with van der Waals surface area (Å²) in [6.07, 6.45) is 3.24. The second kappa shape index (κ2) is 5.49. The smallest absolute Gasteiger partial charge is 0.291 e. The maximum Gasteiger partial charge on any atom is 0.291 e. The average Bonchev–Trinajstić information content (AvgIpc) is 3.21. The summed E-state index contributed by atoms with van der Waals surface area (Å²) < 4.78 is 7.00. The van der Waals surface area contributed by atoms with Crippen molar-refractivity contribution in [1.29, 1.82) is 0 Å². The number of thiazole rings is 1. The molecule has 0 unspecified atom stereocenters. The lowest BCUT2D eigenvalue weighted by molar-refractivity contribution is 0.577.